The normalized spacial score (nSPS) is 36.9. The van der Waals surface area contributed by atoms with E-state index < -0.39 is 0 Å². The van der Waals surface area contributed by atoms with Gasteiger partial charge in [0.2, 0.25) is 0 Å². The summed E-state index contributed by atoms with van der Waals surface area (Å²) in [4.78, 5) is 0. The number of hydrazine groups is 1. The minimum Gasteiger partial charge on any atom is -0.358 e. The fourth-order valence-electron chi connectivity index (χ4n) is 2.16. The maximum absolute atomic E-state index is 5.18. The predicted octanol–water partition coefficient (Wildman–Crippen LogP) is 0.289. The molecule has 1 saturated carbocycles. The molecule has 0 aromatic rings. The van der Waals surface area contributed by atoms with Crippen molar-refractivity contribution in [1.82, 2.24) is 10.7 Å². The maximum Gasteiger partial charge on any atom is 0.180 e. The van der Waals surface area contributed by atoms with Gasteiger partial charge < -0.3 is 10.7 Å². The molecule has 0 spiro atoms. The monoisotopic (exact) mass is 183 g/mol. The third-order valence-corrected chi connectivity index (χ3v) is 2.96. The Morgan fingerprint density at radius 1 is 1.42 bits per heavy atom. The van der Waals surface area contributed by atoms with Crippen molar-refractivity contribution in [3.8, 4) is 0 Å². The first-order chi connectivity index (χ1) is 5.79. The molecular formula is C8H13N3S. The van der Waals surface area contributed by atoms with Crippen LogP contribution in [0.2, 0.25) is 0 Å². The topological polar surface area (TPSA) is 50.1 Å². The predicted molar refractivity (Wildman–Crippen MR) is 52.2 cm³/mol. The molecule has 12 heavy (non-hydrogen) atoms. The summed E-state index contributed by atoms with van der Waals surface area (Å²) in [6.45, 7) is 0. The number of allylic oxidation sites excluding steroid dienone is 1. The zero-order chi connectivity index (χ0) is 8.55. The van der Waals surface area contributed by atoms with Gasteiger partial charge in [-0.1, -0.05) is 12.2 Å². The summed E-state index contributed by atoms with van der Waals surface area (Å²) >= 11 is 4.94. The van der Waals surface area contributed by atoms with E-state index in [4.69, 9.17) is 18.1 Å². The van der Waals surface area contributed by atoms with E-state index in [-0.39, 0.29) is 0 Å². The molecule has 4 heteroatoms. The minimum absolute atomic E-state index is 0.503. The van der Waals surface area contributed by atoms with Gasteiger partial charge in [-0.2, -0.15) is 0 Å². The van der Waals surface area contributed by atoms with Crippen molar-refractivity contribution in [3.63, 3.8) is 0 Å². The fourth-order valence-corrected chi connectivity index (χ4v) is 2.31. The van der Waals surface area contributed by atoms with Crippen LogP contribution in [0, 0.1) is 11.8 Å². The van der Waals surface area contributed by atoms with Crippen LogP contribution < -0.4 is 16.6 Å². The lowest BCUT2D eigenvalue weighted by Crippen LogP contribution is -2.46. The van der Waals surface area contributed by atoms with Crippen molar-refractivity contribution in [2.24, 2.45) is 17.7 Å². The molecule has 2 aliphatic rings. The Morgan fingerprint density at radius 3 is 2.75 bits per heavy atom. The Kier molecular flexibility index (Phi) is 2.02. The molecule has 0 saturated heterocycles. The zero-order valence-corrected chi connectivity index (χ0v) is 7.60. The van der Waals surface area contributed by atoms with Gasteiger partial charge >= 0.3 is 0 Å². The van der Waals surface area contributed by atoms with Crippen molar-refractivity contribution in [1.29, 1.82) is 0 Å². The molecule has 0 unspecified atom stereocenters. The Morgan fingerprint density at radius 2 is 2.25 bits per heavy atom. The third kappa shape index (κ3) is 1.32. The van der Waals surface area contributed by atoms with Crippen LogP contribution in [0.25, 0.3) is 0 Å². The lowest BCUT2D eigenvalue weighted by atomic mass is 10.0. The molecular weight excluding hydrogens is 170 g/mol. The quantitative estimate of drug-likeness (QED) is 0.237. The highest BCUT2D eigenvalue weighted by atomic mass is 32.1. The standard InChI is InChI=1S/C8H13N3S/c9-11-8(12)10-7-4-5-1-2-6(7)3-5/h1-2,5-7H,3-4,9H2,(H2,10,11,12)/t5-,6+,7-/m1/s1. The molecule has 3 atom stereocenters. The molecule has 2 rings (SSSR count). The Labute approximate surface area is 77.4 Å². The first kappa shape index (κ1) is 8.01. The van der Waals surface area contributed by atoms with E-state index >= 15 is 0 Å². The number of hydrogen-bond acceptors (Lipinski definition) is 2. The first-order valence-electron chi connectivity index (χ1n) is 4.25. The Balaban J connectivity index is 1.91. The fraction of sp³-hybridized carbons (Fsp3) is 0.625. The van der Waals surface area contributed by atoms with Crippen LogP contribution >= 0.6 is 12.2 Å². The third-order valence-electron chi connectivity index (χ3n) is 2.73. The van der Waals surface area contributed by atoms with Gasteiger partial charge in [0, 0.05) is 6.04 Å². The molecule has 66 valence electrons. The summed E-state index contributed by atoms with van der Waals surface area (Å²) in [5, 5.41) is 3.76. The number of thiocarbonyl (C=S) groups is 1. The van der Waals surface area contributed by atoms with E-state index in [1.807, 2.05) is 0 Å². The van der Waals surface area contributed by atoms with Crippen LogP contribution in [0.5, 0.6) is 0 Å². The lowest BCUT2D eigenvalue weighted by Gasteiger charge is -2.20. The van der Waals surface area contributed by atoms with Crippen LogP contribution in [0.4, 0.5) is 0 Å². The van der Waals surface area contributed by atoms with Crippen LogP contribution in [-0.4, -0.2) is 11.2 Å². The number of nitrogens with two attached hydrogens (primary N) is 1. The molecule has 2 bridgehead atoms. The zero-order valence-electron chi connectivity index (χ0n) is 6.79. The van der Waals surface area contributed by atoms with Gasteiger partial charge in [0.1, 0.15) is 0 Å². The highest BCUT2D eigenvalue weighted by molar-refractivity contribution is 7.80. The minimum atomic E-state index is 0.503. The SMILES string of the molecule is NNC(=S)N[C@@H]1C[C@@H]2C=C[C@H]1C2. The lowest BCUT2D eigenvalue weighted by molar-refractivity contribution is 0.520. The van der Waals surface area contributed by atoms with E-state index in [0.29, 0.717) is 17.1 Å². The smallest absolute Gasteiger partial charge is 0.180 e. The van der Waals surface area contributed by atoms with Crippen LogP contribution in [0.3, 0.4) is 0 Å². The van der Waals surface area contributed by atoms with E-state index in [9.17, 15) is 0 Å². The van der Waals surface area contributed by atoms with Gasteiger partial charge in [-0.3, -0.25) is 0 Å². The largest absolute Gasteiger partial charge is 0.358 e. The van der Waals surface area contributed by atoms with Crippen LogP contribution in [0.1, 0.15) is 12.8 Å². The molecule has 0 heterocycles. The maximum atomic E-state index is 5.18. The second kappa shape index (κ2) is 3.03. The molecule has 0 aliphatic heterocycles. The molecule has 2 aliphatic carbocycles. The van der Waals surface area contributed by atoms with Gasteiger partial charge in [0.05, 0.1) is 0 Å². The highest BCUT2D eigenvalue weighted by Crippen LogP contribution is 2.38. The Hall–Kier alpha value is -0.610. The van der Waals surface area contributed by atoms with Gasteiger partial charge in [-0.05, 0) is 36.9 Å². The molecule has 0 radical (unpaired) electrons. The number of rotatable bonds is 1. The van der Waals surface area contributed by atoms with E-state index in [1.165, 1.54) is 12.8 Å². The van der Waals surface area contributed by atoms with Crippen molar-refractivity contribution >= 4 is 17.3 Å². The van der Waals surface area contributed by atoms with Gasteiger partial charge in [-0.25, -0.2) is 5.84 Å². The average Bonchev–Trinajstić information content (AvgIpc) is 2.64. The van der Waals surface area contributed by atoms with Gasteiger partial charge in [-0.15, -0.1) is 0 Å². The highest BCUT2D eigenvalue weighted by Gasteiger charge is 2.35. The average molecular weight is 183 g/mol. The second-order valence-corrected chi connectivity index (χ2v) is 3.91. The van der Waals surface area contributed by atoms with Crippen molar-refractivity contribution < 1.29 is 0 Å². The van der Waals surface area contributed by atoms with Crippen LogP contribution in [-0.2, 0) is 0 Å². The summed E-state index contributed by atoms with van der Waals surface area (Å²) in [6.07, 6.45) is 7.07. The van der Waals surface area contributed by atoms with Gasteiger partial charge in [0.15, 0.2) is 5.11 Å². The van der Waals surface area contributed by atoms with Crippen molar-refractivity contribution in [3.05, 3.63) is 12.2 Å². The molecule has 4 N–H and O–H groups in total. The number of nitrogens with one attached hydrogen (secondary N) is 2. The van der Waals surface area contributed by atoms with Crippen LogP contribution in [0.15, 0.2) is 12.2 Å². The summed E-state index contributed by atoms with van der Waals surface area (Å²) in [6, 6.07) is 0.503. The molecule has 0 aromatic heterocycles. The molecule has 0 aromatic carbocycles. The van der Waals surface area contributed by atoms with E-state index in [2.05, 4.69) is 22.9 Å². The molecule has 3 nitrogen and oxygen atoms in total. The van der Waals surface area contributed by atoms with E-state index in [1.54, 1.807) is 0 Å². The molecule has 0 amide bonds. The number of fused-ring (bicyclic) bond motifs is 2. The number of hydrogen-bond donors (Lipinski definition) is 3. The molecule has 1 fully saturated rings. The van der Waals surface area contributed by atoms with Gasteiger partial charge in [0.25, 0.3) is 0 Å². The first-order valence-corrected chi connectivity index (χ1v) is 4.66. The van der Waals surface area contributed by atoms with Crippen molar-refractivity contribution in [2.45, 2.75) is 18.9 Å². The summed E-state index contributed by atoms with van der Waals surface area (Å²) in [5.41, 5.74) is 2.45. The van der Waals surface area contributed by atoms with E-state index in [0.717, 1.165) is 5.92 Å². The Bertz CT molecular complexity index is 226. The summed E-state index contributed by atoms with van der Waals surface area (Å²) in [7, 11) is 0. The summed E-state index contributed by atoms with van der Waals surface area (Å²) < 4.78 is 0. The second-order valence-electron chi connectivity index (χ2n) is 3.50. The van der Waals surface area contributed by atoms with Crippen molar-refractivity contribution in [2.75, 3.05) is 0 Å². The summed E-state index contributed by atoms with van der Waals surface area (Å²) in [5.74, 6) is 6.62.